The third kappa shape index (κ3) is 2.19. The molecule has 0 saturated heterocycles. The number of ether oxygens (including phenoxy) is 1. The highest BCUT2D eigenvalue weighted by molar-refractivity contribution is 5.74. The summed E-state index contributed by atoms with van der Waals surface area (Å²) in [7, 11) is 1.69. The second-order valence-corrected chi connectivity index (χ2v) is 3.42. The van der Waals surface area contributed by atoms with Gasteiger partial charge in [-0.3, -0.25) is 4.79 Å². The Morgan fingerprint density at radius 1 is 1.67 bits per heavy atom. The first-order valence-electron chi connectivity index (χ1n) is 4.20. The van der Waals surface area contributed by atoms with Crippen LogP contribution in [-0.4, -0.2) is 25.2 Å². The van der Waals surface area contributed by atoms with Gasteiger partial charge in [0.15, 0.2) is 0 Å². The van der Waals surface area contributed by atoms with Gasteiger partial charge in [0.1, 0.15) is 0 Å². The summed E-state index contributed by atoms with van der Waals surface area (Å²) < 4.78 is 5.10. The Balaban J connectivity index is 2.19. The van der Waals surface area contributed by atoms with Crippen molar-refractivity contribution in [1.82, 2.24) is 0 Å². The van der Waals surface area contributed by atoms with Crippen molar-refractivity contribution in [1.29, 1.82) is 0 Å². The lowest BCUT2D eigenvalue weighted by atomic mass is 9.76. The van der Waals surface area contributed by atoms with E-state index in [-0.39, 0.29) is 11.9 Å². The van der Waals surface area contributed by atoms with Gasteiger partial charge in [-0.1, -0.05) is 0 Å². The van der Waals surface area contributed by atoms with Crippen molar-refractivity contribution < 1.29 is 9.53 Å². The molecule has 1 aliphatic carbocycles. The predicted octanol–water partition coefficient (Wildman–Crippen LogP) is -0.386. The molecular weight excluding hydrogens is 156 g/mol. The van der Waals surface area contributed by atoms with Gasteiger partial charge < -0.3 is 16.2 Å². The van der Waals surface area contributed by atoms with Crippen molar-refractivity contribution in [2.45, 2.75) is 31.4 Å². The minimum Gasteiger partial charge on any atom is -0.381 e. The Labute approximate surface area is 72.2 Å². The van der Waals surface area contributed by atoms with Crippen LogP contribution in [0.15, 0.2) is 0 Å². The summed E-state index contributed by atoms with van der Waals surface area (Å²) in [5.41, 5.74) is 10.8. The van der Waals surface area contributed by atoms with E-state index in [9.17, 15) is 4.79 Å². The van der Waals surface area contributed by atoms with Crippen LogP contribution in [0.25, 0.3) is 0 Å². The van der Waals surface area contributed by atoms with E-state index in [4.69, 9.17) is 16.2 Å². The Hall–Kier alpha value is -0.610. The number of carbonyl (C=O) groups is 1. The van der Waals surface area contributed by atoms with E-state index >= 15 is 0 Å². The fourth-order valence-electron chi connectivity index (χ4n) is 1.55. The van der Waals surface area contributed by atoms with Crippen LogP contribution in [0.5, 0.6) is 0 Å². The number of primary amides is 1. The van der Waals surface area contributed by atoms with Crippen molar-refractivity contribution in [3.05, 3.63) is 0 Å². The third-order valence-electron chi connectivity index (χ3n) is 2.51. The summed E-state index contributed by atoms with van der Waals surface area (Å²) in [4.78, 5) is 10.5. The van der Waals surface area contributed by atoms with E-state index < -0.39 is 0 Å². The molecule has 0 aromatic heterocycles. The maximum absolute atomic E-state index is 10.5. The van der Waals surface area contributed by atoms with E-state index in [1.54, 1.807) is 7.11 Å². The molecule has 0 aliphatic heterocycles. The highest BCUT2D eigenvalue weighted by atomic mass is 16.5. The van der Waals surface area contributed by atoms with Gasteiger partial charge in [-0.05, 0) is 18.8 Å². The molecule has 0 aromatic rings. The summed E-state index contributed by atoms with van der Waals surface area (Å²) in [6.45, 7) is 0. The first-order valence-corrected chi connectivity index (χ1v) is 4.20. The average molecular weight is 172 g/mol. The Bertz CT molecular complexity index is 166. The number of amides is 1. The van der Waals surface area contributed by atoms with Crippen molar-refractivity contribution >= 4 is 5.91 Å². The van der Waals surface area contributed by atoms with E-state index in [0.29, 0.717) is 18.4 Å². The maximum Gasteiger partial charge on any atom is 0.218 e. The lowest BCUT2D eigenvalue weighted by molar-refractivity contribution is -0.119. The molecule has 4 heteroatoms. The number of rotatable bonds is 4. The topological polar surface area (TPSA) is 78.3 Å². The van der Waals surface area contributed by atoms with Crippen LogP contribution < -0.4 is 11.5 Å². The van der Waals surface area contributed by atoms with Crippen LogP contribution in [0.2, 0.25) is 0 Å². The molecule has 0 aromatic carbocycles. The second-order valence-electron chi connectivity index (χ2n) is 3.42. The molecule has 12 heavy (non-hydrogen) atoms. The molecule has 4 N–H and O–H groups in total. The standard InChI is InChI=1S/C8H16N2O2/c1-12-6-2-5(3-6)7(9)4-8(10)11/h5-7H,2-4,9H2,1H3,(H2,10,11). The zero-order valence-electron chi connectivity index (χ0n) is 7.32. The lowest BCUT2D eigenvalue weighted by Gasteiger charge is -2.37. The predicted molar refractivity (Wildman–Crippen MR) is 45.3 cm³/mol. The minimum absolute atomic E-state index is 0.0751. The van der Waals surface area contributed by atoms with E-state index in [0.717, 1.165) is 12.8 Å². The molecule has 70 valence electrons. The molecule has 4 nitrogen and oxygen atoms in total. The van der Waals surface area contributed by atoms with Gasteiger partial charge in [0.2, 0.25) is 5.91 Å². The van der Waals surface area contributed by atoms with Crippen LogP contribution >= 0.6 is 0 Å². The first kappa shape index (κ1) is 9.48. The number of carbonyl (C=O) groups excluding carboxylic acids is 1. The molecule has 1 amide bonds. The fraction of sp³-hybridized carbons (Fsp3) is 0.875. The van der Waals surface area contributed by atoms with Gasteiger partial charge in [-0.25, -0.2) is 0 Å². The molecule has 1 fully saturated rings. The summed E-state index contributed by atoms with van der Waals surface area (Å²) in [6.07, 6.45) is 2.56. The van der Waals surface area contributed by atoms with Gasteiger partial charge in [0.05, 0.1) is 6.10 Å². The average Bonchev–Trinajstić information content (AvgIpc) is 1.82. The molecule has 1 unspecified atom stereocenters. The molecule has 1 saturated carbocycles. The molecule has 1 aliphatic rings. The molecular formula is C8H16N2O2. The Kier molecular flexibility index (Phi) is 3.05. The number of nitrogens with two attached hydrogens (primary N) is 2. The van der Waals surface area contributed by atoms with Crippen LogP contribution in [0.3, 0.4) is 0 Å². The van der Waals surface area contributed by atoms with Crippen molar-refractivity contribution in [3.63, 3.8) is 0 Å². The SMILES string of the molecule is COC1CC(C(N)CC(N)=O)C1. The summed E-state index contributed by atoms with van der Waals surface area (Å²) in [5, 5.41) is 0. The van der Waals surface area contributed by atoms with Gasteiger partial charge in [-0.2, -0.15) is 0 Å². The summed E-state index contributed by atoms with van der Waals surface area (Å²) in [6, 6.07) is -0.0751. The van der Waals surface area contributed by atoms with Crippen LogP contribution in [-0.2, 0) is 9.53 Å². The maximum atomic E-state index is 10.5. The third-order valence-corrected chi connectivity index (χ3v) is 2.51. The van der Waals surface area contributed by atoms with E-state index in [1.807, 2.05) is 0 Å². The van der Waals surface area contributed by atoms with E-state index in [1.165, 1.54) is 0 Å². The van der Waals surface area contributed by atoms with Crippen molar-refractivity contribution in [3.8, 4) is 0 Å². The first-order chi connectivity index (χ1) is 5.63. The van der Waals surface area contributed by atoms with Crippen LogP contribution in [0.1, 0.15) is 19.3 Å². The Morgan fingerprint density at radius 2 is 2.25 bits per heavy atom. The lowest BCUT2D eigenvalue weighted by Crippen LogP contribution is -2.44. The molecule has 0 heterocycles. The summed E-state index contributed by atoms with van der Waals surface area (Å²) >= 11 is 0. The van der Waals surface area contributed by atoms with Gasteiger partial charge >= 0.3 is 0 Å². The zero-order valence-corrected chi connectivity index (χ0v) is 7.32. The number of methoxy groups -OCH3 is 1. The summed E-state index contributed by atoms with van der Waals surface area (Å²) in [5.74, 6) is 0.103. The molecule has 1 atom stereocenters. The quantitative estimate of drug-likeness (QED) is 0.606. The molecule has 0 spiro atoms. The highest BCUT2D eigenvalue weighted by Gasteiger charge is 2.33. The molecule has 0 radical (unpaired) electrons. The zero-order chi connectivity index (χ0) is 9.14. The van der Waals surface area contributed by atoms with Crippen molar-refractivity contribution in [2.24, 2.45) is 17.4 Å². The number of hydrogen-bond acceptors (Lipinski definition) is 3. The van der Waals surface area contributed by atoms with Crippen LogP contribution in [0.4, 0.5) is 0 Å². The Morgan fingerprint density at radius 3 is 2.67 bits per heavy atom. The molecule has 0 bridgehead atoms. The van der Waals surface area contributed by atoms with Gasteiger partial charge in [-0.15, -0.1) is 0 Å². The van der Waals surface area contributed by atoms with Crippen molar-refractivity contribution in [2.75, 3.05) is 7.11 Å². The molecule has 1 rings (SSSR count). The highest BCUT2D eigenvalue weighted by Crippen LogP contribution is 2.32. The van der Waals surface area contributed by atoms with Crippen LogP contribution in [0, 0.1) is 5.92 Å². The smallest absolute Gasteiger partial charge is 0.218 e. The minimum atomic E-state index is -0.316. The largest absolute Gasteiger partial charge is 0.381 e. The van der Waals surface area contributed by atoms with E-state index in [2.05, 4.69) is 0 Å². The fourth-order valence-corrected chi connectivity index (χ4v) is 1.55. The van der Waals surface area contributed by atoms with Gasteiger partial charge in [0, 0.05) is 19.6 Å². The number of hydrogen-bond donors (Lipinski definition) is 2. The second kappa shape index (κ2) is 3.87. The normalized spacial score (nSPS) is 30.8. The monoisotopic (exact) mass is 172 g/mol. The van der Waals surface area contributed by atoms with Gasteiger partial charge in [0.25, 0.3) is 0 Å².